The van der Waals surface area contributed by atoms with E-state index in [1.54, 1.807) is 5.38 Å². The van der Waals surface area contributed by atoms with Crippen LogP contribution in [-0.2, 0) is 0 Å². The topological polar surface area (TPSA) is 74.5 Å². The summed E-state index contributed by atoms with van der Waals surface area (Å²) in [7, 11) is 0. The quantitative estimate of drug-likeness (QED) is 0.448. The second kappa shape index (κ2) is 5.44. The normalized spacial score (nSPS) is 17.2. The van der Waals surface area contributed by atoms with Crippen LogP contribution in [0.25, 0.3) is 0 Å². The molecular formula is C10H17N5OS. The van der Waals surface area contributed by atoms with Crippen LogP contribution in [0.4, 0.5) is 5.13 Å². The Morgan fingerprint density at radius 3 is 2.82 bits per heavy atom. The number of aromatic nitrogens is 1. The number of rotatable bonds is 3. The molecule has 1 saturated heterocycles. The monoisotopic (exact) mass is 255 g/mol. The first kappa shape index (κ1) is 12.3. The Balaban J connectivity index is 1.99. The molecular weight excluding hydrogens is 238 g/mol. The minimum Gasteiger partial charge on any atom is -0.346 e. The Bertz CT molecular complexity index is 386. The standard InChI is InChI=1S/C10H17N5OS/c1-2-14-3-5-15(6-4-14)10-12-8(7-17-10)9(16)13-11/h7H,2-6,11H2,1H3,(H,13,16). The van der Waals surface area contributed by atoms with Crippen LogP contribution in [0.1, 0.15) is 17.4 Å². The Morgan fingerprint density at radius 2 is 2.24 bits per heavy atom. The number of nitrogens with zero attached hydrogens (tertiary/aromatic N) is 3. The van der Waals surface area contributed by atoms with Gasteiger partial charge in [-0.25, -0.2) is 10.8 Å². The maximum atomic E-state index is 11.3. The van der Waals surface area contributed by atoms with E-state index >= 15 is 0 Å². The highest BCUT2D eigenvalue weighted by molar-refractivity contribution is 7.13. The smallest absolute Gasteiger partial charge is 0.284 e. The third kappa shape index (κ3) is 2.74. The number of likely N-dealkylation sites (N-methyl/N-ethyl adjacent to an activating group) is 1. The highest BCUT2D eigenvalue weighted by Crippen LogP contribution is 2.21. The molecule has 0 aromatic carbocycles. The van der Waals surface area contributed by atoms with E-state index in [0.29, 0.717) is 5.69 Å². The molecule has 1 aromatic rings. The number of nitrogens with two attached hydrogens (primary N) is 1. The fourth-order valence-electron chi connectivity index (χ4n) is 1.84. The molecule has 1 aromatic heterocycles. The lowest BCUT2D eigenvalue weighted by Crippen LogP contribution is -2.46. The molecule has 0 radical (unpaired) electrons. The Kier molecular flexibility index (Phi) is 3.93. The number of nitrogen functional groups attached to an aromatic ring is 1. The summed E-state index contributed by atoms with van der Waals surface area (Å²) < 4.78 is 0. The summed E-state index contributed by atoms with van der Waals surface area (Å²) >= 11 is 1.49. The first-order valence-corrected chi connectivity index (χ1v) is 6.56. The maximum absolute atomic E-state index is 11.3. The van der Waals surface area contributed by atoms with Crippen molar-refractivity contribution < 1.29 is 4.79 Å². The first-order chi connectivity index (χ1) is 8.24. The number of amides is 1. The fraction of sp³-hybridized carbons (Fsp3) is 0.600. The van der Waals surface area contributed by atoms with E-state index in [0.717, 1.165) is 37.9 Å². The molecule has 0 spiro atoms. The fourth-order valence-corrected chi connectivity index (χ4v) is 2.70. The summed E-state index contributed by atoms with van der Waals surface area (Å²) in [5.74, 6) is 4.74. The minimum absolute atomic E-state index is 0.334. The molecule has 3 N–H and O–H groups in total. The highest BCUT2D eigenvalue weighted by atomic mass is 32.1. The lowest BCUT2D eigenvalue weighted by atomic mass is 10.3. The zero-order chi connectivity index (χ0) is 12.3. The third-order valence-corrected chi connectivity index (χ3v) is 3.85. The van der Waals surface area contributed by atoms with Crippen LogP contribution in [0.2, 0.25) is 0 Å². The van der Waals surface area contributed by atoms with Crippen molar-refractivity contribution in [3.05, 3.63) is 11.1 Å². The van der Waals surface area contributed by atoms with Crippen molar-refractivity contribution >= 4 is 22.4 Å². The van der Waals surface area contributed by atoms with E-state index in [-0.39, 0.29) is 5.91 Å². The number of piperazine rings is 1. The van der Waals surface area contributed by atoms with Crippen molar-refractivity contribution in [2.24, 2.45) is 5.84 Å². The molecule has 94 valence electrons. The molecule has 2 heterocycles. The minimum atomic E-state index is -0.334. The lowest BCUT2D eigenvalue weighted by Gasteiger charge is -2.33. The summed E-state index contributed by atoms with van der Waals surface area (Å²) in [5.41, 5.74) is 2.49. The van der Waals surface area contributed by atoms with Gasteiger partial charge in [-0.1, -0.05) is 6.92 Å². The zero-order valence-corrected chi connectivity index (χ0v) is 10.7. The van der Waals surface area contributed by atoms with Crippen LogP contribution in [0, 0.1) is 0 Å². The molecule has 1 aliphatic rings. The number of anilines is 1. The number of carbonyl (C=O) groups excluding carboxylic acids is 1. The second-order valence-corrected chi connectivity index (χ2v) is 4.75. The molecule has 1 aliphatic heterocycles. The summed E-state index contributed by atoms with van der Waals surface area (Å²) in [5, 5.41) is 2.64. The van der Waals surface area contributed by atoms with Gasteiger partial charge < -0.3 is 9.80 Å². The molecule has 2 rings (SSSR count). The van der Waals surface area contributed by atoms with Gasteiger partial charge in [-0.3, -0.25) is 10.2 Å². The van der Waals surface area contributed by atoms with Crippen molar-refractivity contribution in [3.63, 3.8) is 0 Å². The molecule has 17 heavy (non-hydrogen) atoms. The summed E-state index contributed by atoms with van der Waals surface area (Å²) in [4.78, 5) is 20.2. The molecule has 7 heteroatoms. The molecule has 0 aliphatic carbocycles. The number of hydrogen-bond donors (Lipinski definition) is 2. The van der Waals surface area contributed by atoms with E-state index in [9.17, 15) is 4.79 Å². The van der Waals surface area contributed by atoms with Gasteiger partial charge in [-0.15, -0.1) is 11.3 Å². The van der Waals surface area contributed by atoms with Crippen molar-refractivity contribution in [1.82, 2.24) is 15.3 Å². The Morgan fingerprint density at radius 1 is 1.53 bits per heavy atom. The summed E-state index contributed by atoms with van der Waals surface area (Å²) in [6, 6.07) is 0. The van der Waals surface area contributed by atoms with Crippen molar-refractivity contribution in [1.29, 1.82) is 0 Å². The predicted octanol–water partition coefficient (Wildman–Crippen LogP) is -0.112. The van der Waals surface area contributed by atoms with Gasteiger partial charge in [-0.05, 0) is 6.54 Å². The zero-order valence-electron chi connectivity index (χ0n) is 9.85. The van der Waals surface area contributed by atoms with Gasteiger partial charge >= 0.3 is 0 Å². The third-order valence-electron chi connectivity index (χ3n) is 2.95. The SMILES string of the molecule is CCN1CCN(c2nc(C(=O)NN)cs2)CC1. The molecule has 0 bridgehead atoms. The van der Waals surface area contributed by atoms with Crippen molar-refractivity contribution in [3.8, 4) is 0 Å². The van der Waals surface area contributed by atoms with Crippen LogP contribution in [0.15, 0.2) is 5.38 Å². The molecule has 6 nitrogen and oxygen atoms in total. The molecule has 1 fully saturated rings. The van der Waals surface area contributed by atoms with E-state index < -0.39 is 0 Å². The van der Waals surface area contributed by atoms with Gasteiger partial charge in [0.15, 0.2) is 5.13 Å². The number of nitrogens with one attached hydrogen (secondary N) is 1. The van der Waals surface area contributed by atoms with Gasteiger partial charge in [-0.2, -0.15) is 0 Å². The number of thiazole rings is 1. The van der Waals surface area contributed by atoms with Gasteiger partial charge in [0.25, 0.3) is 5.91 Å². The molecule has 0 unspecified atom stereocenters. The summed E-state index contributed by atoms with van der Waals surface area (Å²) in [6.45, 7) is 7.29. The van der Waals surface area contributed by atoms with Crippen LogP contribution in [0.5, 0.6) is 0 Å². The van der Waals surface area contributed by atoms with Gasteiger partial charge in [0, 0.05) is 31.6 Å². The first-order valence-electron chi connectivity index (χ1n) is 5.68. The average Bonchev–Trinajstić information content (AvgIpc) is 2.87. The molecule has 1 amide bonds. The largest absolute Gasteiger partial charge is 0.346 e. The second-order valence-electron chi connectivity index (χ2n) is 3.91. The summed E-state index contributed by atoms with van der Waals surface area (Å²) in [6.07, 6.45) is 0. The molecule has 0 atom stereocenters. The van der Waals surface area contributed by atoms with Gasteiger partial charge in [0.2, 0.25) is 0 Å². The van der Waals surface area contributed by atoms with E-state index in [1.165, 1.54) is 11.3 Å². The van der Waals surface area contributed by atoms with E-state index in [2.05, 4.69) is 27.1 Å². The maximum Gasteiger partial charge on any atom is 0.284 e. The average molecular weight is 255 g/mol. The highest BCUT2D eigenvalue weighted by Gasteiger charge is 2.19. The Hall–Kier alpha value is -1.18. The van der Waals surface area contributed by atoms with Crippen molar-refractivity contribution in [2.75, 3.05) is 37.6 Å². The van der Waals surface area contributed by atoms with Crippen LogP contribution < -0.4 is 16.2 Å². The predicted molar refractivity (Wildman–Crippen MR) is 68.1 cm³/mol. The number of hydrazine groups is 1. The van der Waals surface area contributed by atoms with Crippen molar-refractivity contribution in [2.45, 2.75) is 6.92 Å². The van der Waals surface area contributed by atoms with Crippen LogP contribution in [-0.4, -0.2) is 48.5 Å². The lowest BCUT2D eigenvalue weighted by molar-refractivity contribution is 0.0949. The van der Waals surface area contributed by atoms with E-state index in [1.807, 2.05) is 0 Å². The van der Waals surface area contributed by atoms with Crippen LogP contribution >= 0.6 is 11.3 Å². The number of carbonyl (C=O) groups is 1. The number of hydrogen-bond acceptors (Lipinski definition) is 6. The molecule has 0 saturated carbocycles. The van der Waals surface area contributed by atoms with E-state index in [4.69, 9.17) is 5.84 Å². The van der Waals surface area contributed by atoms with Crippen LogP contribution in [0.3, 0.4) is 0 Å². The van der Waals surface area contributed by atoms with Gasteiger partial charge in [0.05, 0.1) is 0 Å². The Labute approximate surface area is 104 Å². The van der Waals surface area contributed by atoms with Gasteiger partial charge in [0.1, 0.15) is 5.69 Å².